The van der Waals surface area contributed by atoms with E-state index in [-0.39, 0.29) is 17.6 Å². The third-order valence-electron chi connectivity index (χ3n) is 4.81. The lowest BCUT2D eigenvalue weighted by Gasteiger charge is -2.18. The van der Waals surface area contributed by atoms with E-state index in [9.17, 15) is 9.59 Å². The summed E-state index contributed by atoms with van der Waals surface area (Å²) in [5, 5.41) is 12.8. The largest absolute Gasteiger partial charge is 0.384 e. The molecule has 0 heterocycles. The maximum absolute atomic E-state index is 12.3. The van der Waals surface area contributed by atoms with Gasteiger partial charge in [-0.15, -0.1) is 0 Å². The molecule has 2 rings (SSSR count). The molecule has 0 spiro atoms. The average molecular weight is 396 g/mol. The van der Waals surface area contributed by atoms with Crippen molar-refractivity contribution < 1.29 is 9.59 Å². The molecule has 7 nitrogen and oxygen atoms in total. The Hall–Kier alpha value is -3.19. The van der Waals surface area contributed by atoms with Crippen LogP contribution in [0.5, 0.6) is 0 Å². The minimum atomic E-state index is -0.691. The van der Waals surface area contributed by atoms with Crippen molar-refractivity contribution in [2.75, 3.05) is 0 Å². The Morgan fingerprint density at radius 2 is 1.72 bits per heavy atom. The molecule has 0 aliphatic heterocycles. The lowest BCUT2D eigenvalue weighted by atomic mass is 10.0. The van der Waals surface area contributed by atoms with Crippen LogP contribution in [0.2, 0.25) is 0 Å². The molecule has 2 amide bonds. The van der Waals surface area contributed by atoms with Crippen molar-refractivity contribution in [3.63, 3.8) is 0 Å². The summed E-state index contributed by atoms with van der Waals surface area (Å²) in [4.78, 5) is 24.5. The number of rotatable bonds is 9. The molecule has 154 valence electrons. The molecule has 0 saturated carbocycles. The molecule has 7 heteroatoms. The van der Waals surface area contributed by atoms with Crippen molar-refractivity contribution in [2.45, 2.75) is 45.3 Å². The van der Waals surface area contributed by atoms with Gasteiger partial charge in [0.15, 0.2) is 0 Å². The Balaban J connectivity index is 1.77. The van der Waals surface area contributed by atoms with Gasteiger partial charge in [-0.25, -0.2) is 0 Å². The molecule has 0 bridgehead atoms. The van der Waals surface area contributed by atoms with Gasteiger partial charge in [0.25, 0.3) is 0 Å². The summed E-state index contributed by atoms with van der Waals surface area (Å²) in [7, 11) is 0. The first-order valence-corrected chi connectivity index (χ1v) is 9.59. The van der Waals surface area contributed by atoms with Crippen molar-refractivity contribution >= 4 is 17.6 Å². The van der Waals surface area contributed by atoms with Crippen LogP contribution >= 0.6 is 0 Å². The molecule has 0 radical (unpaired) electrons. The molecule has 0 saturated heterocycles. The lowest BCUT2D eigenvalue weighted by Crippen LogP contribution is -2.50. The minimum Gasteiger partial charge on any atom is -0.384 e. The Bertz CT molecular complexity index is 864. The summed E-state index contributed by atoms with van der Waals surface area (Å²) >= 11 is 0. The molecular formula is C22H29N5O2. The Morgan fingerprint density at radius 1 is 1.07 bits per heavy atom. The number of amidine groups is 1. The van der Waals surface area contributed by atoms with Crippen molar-refractivity contribution in [1.29, 1.82) is 5.41 Å². The van der Waals surface area contributed by atoms with Crippen LogP contribution in [-0.2, 0) is 22.6 Å². The first-order chi connectivity index (χ1) is 13.8. The second-order valence-corrected chi connectivity index (χ2v) is 7.13. The fourth-order valence-electron chi connectivity index (χ4n) is 2.86. The van der Waals surface area contributed by atoms with Gasteiger partial charge < -0.3 is 22.1 Å². The van der Waals surface area contributed by atoms with Gasteiger partial charge in [-0.05, 0) is 43.4 Å². The highest BCUT2D eigenvalue weighted by Crippen LogP contribution is 2.10. The van der Waals surface area contributed by atoms with Crippen LogP contribution in [0.25, 0.3) is 0 Å². The Morgan fingerprint density at radius 3 is 2.34 bits per heavy atom. The summed E-state index contributed by atoms with van der Waals surface area (Å²) in [5.41, 5.74) is 15.2. The van der Waals surface area contributed by atoms with Gasteiger partial charge in [0.1, 0.15) is 11.9 Å². The SMILES string of the molecule is Cc1ccccc1CC[C@@H](N)C(=O)N[C@@H](C)C(=O)NCc1ccc(C(=N)N)cc1. The standard InChI is InChI=1S/C22H29N5O2/c1-14-5-3-4-6-17(14)11-12-19(23)22(29)27-15(2)21(28)26-13-16-7-9-18(10-8-16)20(24)25/h3-10,15,19H,11-13,23H2,1-2H3,(H3,24,25)(H,26,28)(H,27,29)/t15-,19+/m0/s1. The van der Waals surface area contributed by atoms with Crippen LogP contribution in [0, 0.1) is 12.3 Å². The van der Waals surface area contributed by atoms with E-state index in [0.717, 1.165) is 11.1 Å². The Labute approximate surface area is 171 Å². The van der Waals surface area contributed by atoms with Crippen LogP contribution in [0.15, 0.2) is 48.5 Å². The molecule has 0 aliphatic rings. The van der Waals surface area contributed by atoms with E-state index in [2.05, 4.69) is 10.6 Å². The van der Waals surface area contributed by atoms with Gasteiger partial charge in [-0.2, -0.15) is 0 Å². The molecule has 2 aromatic carbocycles. The van der Waals surface area contributed by atoms with Gasteiger partial charge in [-0.1, -0.05) is 48.5 Å². The number of nitrogens with two attached hydrogens (primary N) is 2. The molecule has 0 aliphatic carbocycles. The van der Waals surface area contributed by atoms with E-state index < -0.39 is 12.1 Å². The summed E-state index contributed by atoms with van der Waals surface area (Å²) in [6.07, 6.45) is 1.21. The van der Waals surface area contributed by atoms with E-state index in [4.69, 9.17) is 16.9 Å². The zero-order valence-electron chi connectivity index (χ0n) is 16.9. The summed E-state index contributed by atoms with van der Waals surface area (Å²) < 4.78 is 0. The number of hydrogen-bond donors (Lipinski definition) is 5. The number of hydrogen-bond acceptors (Lipinski definition) is 4. The molecule has 0 fully saturated rings. The highest BCUT2D eigenvalue weighted by molar-refractivity contribution is 5.94. The molecule has 2 atom stereocenters. The number of carbonyl (C=O) groups excluding carboxylic acids is 2. The zero-order valence-corrected chi connectivity index (χ0v) is 16.9. The summed E-state index contributed by atoms with van der Waals surface area (Å²) in [6, 6.07) is 13.7. The first-order valence-electron chi connectivity index (χ1n) is 9.59. The lowest BCUT2D eigenvalue weighted by molar-refractivity contribution is -0.129. The smallest absolute Gasteiger partial charge is 0.242 e. The average Bonchev–Trinajstić information content (AvgIpc) is 2.71. The predicted molar refractivity (Wildman–Crippen MR) is 114 cm³/mol. The predicted octanol–water partition coefficient (Wildman–Crippen LogP) is 1.36. The van der Waals surface area contributed by atoms with Crippen LogP contribution in [0.1, 0.15) is 35.6 Å². The molecule has 29 heavy (non-hydrogen) atoms. The summed E-state index contributed by atoms with van der Waals surface area (Å²) in [5.74, 6) is -0.636. The second-order valence-electron chi connectivity index (χ2n) is 7.13. The van der Waals surface area contributed by atoms with Crippen molar-refractivity contribution in [2.24, 2.45) is 11.5 Å². The van der Waals surface area contributed by atoms with Gasteiger partial charge in [-0.3, -0.25) is 15.0 Å². The van der Waals surface area contributed by atoms with Crippen LogP contribution in [0.4, 0.5) is 0 Å². The third-order valence-corrected chi connectivity index (χ3v) is 4.81. The van der Waals surface area contributed by atoms with Gasteiger partial charge in [0, 0.05) is 12.1 Å². The number of nitrogens with one attached hydrogen (secondary N) is 3. The summed E-state index contributed by atoms with van der Waals surface area (Å²) in [6.45, 7) is 3.97. The zero-order chi connectivity index (χ0) is 21.4. The third kappa shape index (κ3) is 6.73. The molecular weight excluding hydrogens is 366 g/mol. The highest BCUT2D eigenvalue weighted by atomic mass is 16.2. The fourth-order valence-corrected chi connectivity index (χ4v) is 2.86. The van der Waals surface area contributed by atoms with Gasteiger partial charge in [0.05, 0.1) is 6.04 Å². The monoisotopic (exact) mass is 395 g/mol. The number of amides is 2. The van der Waals surface area contributed by atoms with E-state index in [1.165, 1.54) is 5.56 Å². The number of carbonyl (C=O) groups is 2. The van der Waals surface area contributed by atoms with E-state index in [1.54, 1.807) is 31.2 Å². The van der Waals surface area contributed by atoms with Crippen molar-refractivity contribution in [3.8, 4) is 0 Å². The topological polar surface area (TPSA) is 134 Å². The van der Waals surface area contributed by atoms with Crippen molar-refractivity contribution in [3.05, 3.63) is 70.8 Å². The Kier molecular flexibility index (Phi) is 7.91. The second kappa shape index (κ2) is 10.4. The van der Waals surface area contributed by atoms with Crippen LogP contribution < -0.4 is 22.1 Å². The van der Waals surface area contributed by atoms with Crippen LogP contribution in [-0.4, -0.2) is 29.7 Å². The normalized spacial score (nSPS) is 12.7. The molecule has 7 N–H and O–H groups in total. The maximum atomic E-state index is 12.3. The molecule has 0 aromatic heterocycles. The maximum Gasteiger partial charge on any atom is 0.242 e. The minimum absolute atomic E-state index is 0.00400. The van der Waals surface area contributed by atoms with E-state index >= 15 is 0 Å². The van der Waals surface area contributed by atoms with Gasteiger partial charge >= 0.3 is 0 Å². The van der Waals surface area contributed by atoms with Gasteiger partial charge in [0.2, 0.25) is 11.8 Å². The van der Waals surface area contributed by atoms with Crippen LogP contribution in [0.3, 0.4) is 0 Å². The van der Waals surface area contributed by atoms with E-state index in [0.29, 0.717) is 24.9 Å². The molecule has 2 aromatic rings. The highest BCUT2D eigenvalue weighted by Gasteiger charge is 2.20. The number of nitrogen functional groups attached to an aromatic ring is 1. The number of aryl methyl sites for hydroxylation is 2. The first kappa shape index (κ1) is 22.1. The number of benzene rings is 2. The quantitative estimate of drug-likeness (QED) is 0.324. The molecule has 0 unspecified atom stereocenters. The van der Waals surface area contributed by atoms with E-state index in [1.807, 2.05) is 31.2 Å². The fraction of sp³-hybridized carbons (Fsp3) is 0.318. The van der Waals surface area contributed by atoms with Crippen molar-refractivity contribution in [1.82, 2.24) is 10.6 Å².